The Labute approximate surface area is 184 Å². The largest absolute Gasteiger partial charge is 0.508 e. The van der Waals surface area contributed by atoms with Gasteiger partial charge in [-0.3, -0.25) is 9.36 Å². The Morgan fingerprint density at radius 1 is 1.22 bits per heavy atom. The average molecular weight is 429 g/mol. The lowest BCUT2D eigenvalue weighted by Gasteiger charge is -2.21. The Kier molecular flexibility index (Phi) is 4.99. The molecule has 1 amide bonds. The molecule has 0 fully saturated rings. The van der Waals surface area contributed by atoms with E-state index < -0.39 is 5.91 Å². The van der Waals surface area contributed by atoms with Gasteiger partial charge in [0.25, 0.3) is 0 Å². The van der Waals surface area contributed by atoms with Crippen LogP contribution >= 0.6 is 0 Å². The first-order valence-corrected chi connectivity index (χ1v) is 10.4. The van der Waals surface area contributed by atoms with Crippen molar-refractivity contribution in [2.75, 3.05) is 11.9 Å². The molecule has 32 heavy (non-hydrogen) atoms. The van der Waals surface area contributed by atoms with Gasteiger partial charge in [0.05, 0.1) is 24.4 Å². The number of primary amides is 1. The molecule has 3 heterocycles. The molecular weight excluding hydrogens is 406 g/mol. The fourth-order valence-electron chi connectivity index (χ4n) is 4.16. The molecule has 162 valence electrons. The number of aromatic hydroxyl groups is 1. The summed E-state index contributed by atoms with van der Waals surface area (Å²) in [5.74, 6) is 0.973. The highest BCUT2D eigenvalue weighted by Gasteiger charge is 2.21. The SMILES string of the molecule is Cc1cc2c(C(N)=O)cccc2n1-c1nc2c(c(NCc3cccc(O)c3)n1)COCC2. The first-order chi connectivity index (χ1) is 15.5. The third-order valence-electron chi connectivity index (χ3n) is 5.68. The predicted octanol–water partition coefficient (Wildman–Crippen LogP) is 3.22. The standard InChI is InChI=1S/C24H23N5O3/c1-14-10-18-17(22(25)31)6-3-7-21(18)29(14)24-27-20-8-9-32-13-19(20)23(28-24)26-12-15-4-2-5-16(30)11-15/h2-7,10-11,30H,8-9,12-13H2,1H3,(H2,25,31)(H,26,27,28). The van der Waals surface area contributed by atoms with E-state index in [1.54, 1.807) is 18.2 Å². The van der Waals surface area contributed by atoms with E-state index in [1.165, 1.54) is 0 Å². The number of aryl methyl sites for hydroxylation is 1. The molecule has 4 aromatic rings. The van der Waals surface area contributed by atoms with Crippen LogP contribution in [0.25, 0.3) is 16.9 Å². The van der Waals surface area contributed by atoms with Crippen molar-refractivity contribution in [1.82, 2.24) is 14.5 Å². The topological polar surface area (TPSA) is 115 Å². The van der Waals surface area contributed by atoms with Crippen molar-refractivity contribution in [2.24, 2.45) is 5.73 Å². The summed E-state index contributed by atoms with van der Waals surface area (Å²) in [4.78, 5) is 21.6. The molecule has 0 radical (unpaired) electrons. The third kappa shape index (κ3) is 3.54. The quantitative estimate of drug-likeness (QED) is 0.449. The van der Waals surface area contributed by atoms with Crippen LogP contribution in [0.3, 0.4) is 0 Å². The molecule has 0 aliphatic carbocycles. The molecule has 1 aliphatic heterocycles. The number of carbonyl (C=O) groups excluding carboxylic acids is 1. The molecule has 0 saturated carbocycles. The lowest BCUT2D eigenvalue weighted by atomic mass is 10.1. The van der Waals surface area contributed by atoms with Gasteiger partial charge in [0.15, 0.2) is 0 Å². The summed E-state index contributed by atoms with van der Waals surface area (Å²) < 4.78 is 7.60. The first kappa shape index (κ1) is 20.0. The van der Waals surface area contributed by atoms with Crippen LogP contribution in [-0.2, 0) is 24.3 Å². The number of phenols is 1. The molecule has 8 heteroatoms. The van der Waals surface area contributed by atoms with Gasteiger partial charge in [0, 0.05) is 35.2 Å². The maximum atomic E-state index is 11.9. The van der Waals surface area contributed by atoms with Crippen LogP contribution in [0.4, 0.5) is 5.82 Å². The van der Waals surface area contributed by atoms with Gasteiger partial charge in [-0.1, -0.05) is 18.2 Å². The number of phenolic OH excluding ortho intramolecular Hbond substituents is 1. The Morgan fingerprint density at radius 3 is 2.88 bits per heavy atom. The van der Waals surface area contributed by atoms with E-state index in [0.717, 1.165) is 33.4 Å². The minimum atomic E-state index is -0.468. The number of benzene rings is 2. The summed E-state index contributed by atoms with van der Waals surface area (Å²) in [5.41, 5.74) is 10.6. The van der Waals surface area contributed by atoms with Crippen LogP contribution in [-0.4, -0.2) is 32.2 Å². The Bertz CT molecular complexity index is 1350. The van der Waals surface area contributed by atoms with Crippen molar-refractivity contribution in [3.63, 3.8) is 0 Å². The number of hydrogen-bond acceptors (Lipinski definition) is 6. The van der Waals surface area contributed by atoms with Gasteiger partial charge < -0.3 is 20.9 Å². The highest BCUT2D eigenvalue weighted by Crippen LogP contribution is 2.29. The van der Waals surface area contributed by atoms with E-state index >= 15 is 0 Å². The lowest BCUT2D eigenvalue weighted by Crippen LogP contribution is -2.19. The Hall–Kier alpha value is -3.91. The van der Waals surface area contributed by atoms with Crippen LogP contribution in [0.5, 0.6) is 5.75 Å². The maximum absolute atomic E-state index is 11.9. The van der Waals surface area contributed by atoms with Crippen LogP contribution in [0.15, 0.2) is 48.5 Å². The number of ether oxygens (including phenoxy) is 1. The number of amides is 1. The molecule has 2 aromatic heterocycles. The number of hydrogen-bond donors (Lipinski definition) is 3. The highest BCUT2D eigenvalue weighted by molar-refractivity contribution is 6.06. The number of aromatic nitrogens is 3. The average Bonchev–Trinajstić information content (AvgIpc) is 3.13. The minimum Gasteiger partial charge on any atom is -0.508 e. The van der Waals surface area contributed by atoms with Gasteiger partial charge in [-0.25, -0.2) is 4.98 Å². The molecule has 0 saturated heterocycles. The normalized spacial score (nSPS) is 13.2. The number of anilines is 1. The Balaban J connectivity index is 1.61. The second kappa shape index (κ2) is 7.97. The molecule has 2 aromatic carbocycles. The number of carbonyl (C=O) groups is 1. The third-order valence-corrected chi connectivity index (χ3v) is 5.68. The second-order valence-electron chi connectivity index (χ2n) is 7.85. The zero-order valence-corrected chi connectivity index (χ0v) is 17.6. The smallest absolute Gasteiger partial charge is 0.249 e. The fourth-order valence-corrected chi connectivity index (χ4v) is 4.16. The second-order valence-corrected chi connectivity index (χ2v) is 7.85. The molecule has 8 nitrogen and oxygen atoms in total. The number of fused-ring (bicyclic) bond motifs is 2. The number of nitrogens with two attached hydrogens (primary N) is 1. The van der Waals surface area contributed by atoms with Crippen molar-refractivity contribution in [3.05, 3.63) is 76.6 Å². The predicted molar refractivity (Wildman–Crippen MR) is 121 cm³/mol. The molecule has 0 atom stereocenters. The van der Waals surface area contributed by atoms with E-state index in [9.17, 15) is 9.90 Å². The summed E-state index contributed by atoms with van der Waals surface area (Å²) >= 11 is 0. The zero-order chi connectivity index (χ0) is 22.2. The van der Waals surface area contributed by atoms with Gasteiger partial charge in [0.2, 0.25) is 11.9 Å². The number of nitrogens with zero attached hydrogens (tertiary/aromatic N) is 3. The molecule has 0 bridgehead atoms. The molecule has 0 spiro atoms. The Morgan fingerprint density at radius 2 is 2.06 bits per heavy atom. The first-order valence-electron chi connectivity index (χ1n) is 10.4. The lowest BCUT2D eigenvalue weighted by molar-refractivity contribution is 0.100. The van der Waals surface area contributed by atoms with Gasteiger partial charge in [-0.15, -0.1) is 0 Å². The van der Waals surface area contributed by atoms with E-state index in [-0.39, 0.29) is 5.75 Å². The fraction of sp³-hybridized carbons (Fsp3) is 0.208. The van der Waals surface area contributed by atoms with Crippen LogP contribution in [0.2, 0.25) is 0 Å². The minimum absolute atomic E-state index is 0.220. The van der Waals surface area contributed by atoms with E-state index in [0.29, 0.717) is 43.5 Å². The van der Waals surface area contributed by atoms with Gasteiger partial charge in [0.1, 0.15) is 11.6 Å². The highest BCUT2D eigenvalue weighted by atomic mass is 16.5. The van der Waals surface area contributed by atoms with E-state index in [4.69, 9.17) is 20.4 Å². The molecule has 1 aliphatic rings. The summed E-state index contributed by atoms with van der Waals surface area (Å²) in [6.07, 6.45) is 0.691. The van der Waals surface area contributed by atoms with Gasteiger partial charge >= 0.3 is 0 Å². The molecule has 4 N–H and O–H groups in total. The van der Waals surface area contributed by atoms with Crippen LogP contribution in [0.1, 0.15) is 32.9 Å². The molecular formula is C24H23N5O3. The summed E-state index contributed by atoms with van der Waals surface area (Å²) in [6, 6.07) is 14.5. The summed E-state index contributed by atoms with van der Waals surface area (Å²) in [5, 5.41) is 13.9. The summed E-state index contributed by atoms with van der Waals surface area (Å²) in [6.45, 7) is 3.49. The monoisotopic (exact) mass is 429 g/mol. The van der Waals surface area contributed by atoms with E-state index in [2.05, 4.69) is 5.32 Å². The zero-order valence-electron chi connectivity index (χ0n) is 17.6. The molecule has 0 unspecified atom stereocenters. The number of nitrogens with one attached hydrogen (secondary N) is 1. The van der Waals surface area contributed by atoms with Crippen molar-refractivity contribution < 1.29 is 14.6 Å². The summed E-state index contributed by atoms with van der Waals surface area (Å²) in [7, 11) is 0. The van der Waals surface area contributed by atoms with Crippen LogP contribution in [0, 0.1) is 6.92 Å². The van der Waals surface area contributed by atoms with Gasteiger partial charge in [-0.05, 0) is 42.8 Å². The molecule has 5 rings (SSSR count). The van der Waals surface area contributed by atoms with Crippen LogP contribution < -0.4 is 11.1 Å². The maximum Gasteiger partial charge on any atom is 0.249 e. The van der Waals surface area contributed by atoms with Gasteiger partial charge in [-0.2, -0.15) is 4.98 Å². The van der Waals surface area contributed by atoms with Crippen molar-refractivity contribution in [2.45, 2.75) is 26.5 Å². The number of rotatable bonds is 5. The van der Waals surface area contributed by atoms with Crippen molar-refractivity contribution in [3.8, 4) is 11.7 Å². The van der Waals surface area contributed by atoms with E-state index in [1.807, 2.05) is 41.8 Å². The van der Waals surface area contributed by atoms with Crippen molar-refractivity contribution >= 4 is 22.6 Å². The van der Waals surface area contributed by atoms with Crippen molar-refractivity contribution in [1.29, 1.82) is 0 Å².